The fraction of sp³-hybridized carbons (Fsp3) is 0.545. The van der Waals surface area contributed by atoms with Crippen LogP contribution in [0.15, 0.2) is 51.9 Å². The summed E-state index contributed by atoms with van der Waals surface area (Å²) >= 11 is 0. The maximum Gasteiger partial charge on any atom is 0.324 e. The first-order valence-corrected chi connectivity index (χ1v) is 17.4. The van der Waals surface area contributed by atoms with Crippen molar-refractivity contribution in [3.63, 3.8) is 0 Å². The third-order valence-electron chi connectivity index (χ3n) is 8.78. The summed E-state index contributed by atoms with van der Waals surface area (Å²) in [5.41, 5.74) is 6.83. The number of carbonyl (C=O) groups excluding carboxylic acids is 1. The lowest BCUT2D eigenvalue weighted by Crippen LogP contribution is -2.38. The summed E-state index contributed by atoms with van der Waals surface area (Å²) in [6.07, 6.45) is 2.43. The Balaban J connectivity index is 0.000000401. The maximum absolute atomic E-state index is 14.7. The van der Waals surface area contributed by atoms with E-state index < -0.39 is 46.8 Å². The van der Waals surface area contributed by atoms with Gasteiger partial charge >= 0.3 is 6.01 Å². The second-order valence-electron chi connectivity index (χ2n) is 12.8. The average molecular weight is 696 g/mol. The molecule has 0 aliphatic carbocycles. The number of amides is 1. The molecule has 3 aromatic rings. The zero-order chi connectivity index (χ0) is 35.2. The van der Waals surface area contributed by atoms with E-state index in [0.717, 1.165) is 48.6 Å². The van der Waals surface area contributed by atoms with Crippen LogP contribution in [0.25, 0.3) is 0 Å². The van der Waals surface area contributed by atoms with E-state index in [1.807, 2.05) is 20.8 Å². The van der Waals surface area contributed by atoms with Crippen molar-refractivity contribution in [3.8, 4) is 5.75 Å². The van der Waals surface area contributed by atoms with Crippen LogP contribution >= 0.6 is 0 Å². The molecule has 0 unspecified atom stereocenters. The number of rotatable bonds is 10. The summed E-state index contributed by atoms with van der Waals surface area (Å²) in [5, 5.41) is 4.04. The summed E-state index contributed by atoms with van der Waals surface area (Å²) < 4.78 is 82.3. The van der Waals surface area contributed by atoms with Crippen LogP contribution in [-0.4, -0.2) is 72.6 Å². The van der Waals surface area contributed by atoms with E-state index in [-0.39, 0.29) is 22.9 Å². The minimum Gasteiger partial charge on any atom is -0.493 e. The van der Waals surface area contributed by atoms with Crippen LogP contribution in [0.4, 0.5) is 19.2 Å². The number of alkyl halides is 2. The minimum atomic E-state index is -4.02. The molecule has 0 saturated carbocycles. The van der Waals surface area contributed by atoms with Gasteiger partial charge in [0.2, 0.25) is 5.91 Å². The molecule has 2 fully saturated rings. The molecule has 48 heavy (non-hydrogen) atoms. The van der Waals surface area contributed by atoms with Gasteiger partial charge in [0.05, 0.1) is 18.0 Å². The van der Waals surface area contributed by atoms with Gasteiger partial charge in [-0.2, -0.15) is 13.4 Å². The molecule has 5 rings (SSSR count). The lowest BCUT2D eigenvalue weighted by atomic mass is 9.84. The number of likely N-dealkylation sites (tertiary alicyclic amines) is 1. The van der Waals surface area contributed by atoms with Crippen LogP contribution in [0.1, 0.15) is 75.4 Å². The number of halogens is 3. The number of nitrogens with two attached hydrogens (primary N) is 1. The van der Waals surface area contributed by atoms with Crippen LogP contribution in [0.5, 0.6) is 5.75 Å². The molecule has 0 spiro atoms. The van der Waals surface area contributed by atoms with Crippen LogP contribution in [0.2, 0.25) is 0 Å². The highest BCUT2D eigenvalue weighted by Crippen LogP contribution is 2.31. The number of hydrogen-bond acceptors (Lipinski definition) is 9. The summed E-state index contributed by atoms with van der Waals surface area (Å²) in [6.45, 7) is 9.47. The molecule has 3 N–H and O–H groups in total. The van der Waals surface area contributed by atoms with Crippen molar-refractivity contribution >= 4 is 22.0 Å². The number of nitrogens with zero attached hydrogens (tertiary/aromatic N) is 4. The van der Waals surface area contributed by atoms with Gasteiger partial charge in [-0.15, -0.1) is 0 Å². The van der Waals surface area contributed by atoms with E-state index in [9.17, 15) is 26.4 Å². The molecule has 0 radical (unpaired) electrons. The SMILES string of the molecule is CC(C)c1noc(N2CCC([C@H](C)CCOc3ccc([C@H](N)C(=O)N4CCC(F)(F)C4)c(F)c3)CC2)n1.Cc1ccc(S(=O)(=O)O)cc1. The van der Waals surface area contributed by atoms with Crippen molar-refractivity contribution in [1.29, 1.82) is 0 Å². The molecule has 2 saturated heterocycles. The Bertz CT molecular complexity index is 1630. The Morgan fingerprint density at radius 3 is 2.33 bits per heavy atom. The van der Waals surface area contributed by atoms with Crippen LogP contribution in [0, 0.1) is 24.6 Å². The monoisotopic (exact) mass is 695 g/mol. The standard InChI is InChI=1S/C26H36F3N5O3.C7H8O3S/c1-16(2)23-31-25(37-32-23)33-10-6-18(7-11-33)17(3)8-13-36-19-4-5-20(21(27)14-19)22(30)24(35)34-12-9-26(28,29)15-34;1-6-2-4-7(5-3-6)11(8,9)10/h4-5,14,16-18,22H,6-13,15,30H2,1-3H3;2-5H,1H3,(H,8,9,10)/t17-,22+;/m1./s1. The summed E-state index contributed by atoms with van der Waals surface area (Å²) in [6, 6.07) is 9.38. The van der Waals surface area contributed by atoms with Crippen molar-refractivity contribution in [3.05, 3.63) is 65.2 Å². The van der Waals surface area contributed by atoms with Gasteiger partial charge in [0.25, 0.3) is 16.0 Å². The fourth-order valence-corrected chi connectivity index (χ4v) is 6.14. The Morgan fingerprint density at radius 2 is 1.79 bits per heavy atom. The van der Waals surface area contributed by atoms with Gasteiger partial charge < -0.3 is 24.8 Å². The second kappa shape index (κ2) is 15.7. The van der Waals surface area contributed by atoms with Crippen LogP contribution < -0.4 is 15.4 Å². The quantitative estimate of drug-likeness (QED) is 0.250. The van der Waals surface area contributed by atoms with E-state index in [4.69, 9.17) is 19.5 Å². The Kier molecular flexibility index (Phi) is 12.1. The van der Waals surface area contributed by atoms with Gasteiger partial charge in [0, 0.05) is 43.6 Å². The molecule has 1 aromatic heterocycles. The van der Waals surface area contributed by atoms with Gasteiger partial charge in [-0.1, -0.05) is 49.7 Å². The molecule has 2 aliphatic rings. The van der Waals surface area contributed by atoms with E-state index in [2.05, 4.69) is 22.0 Å². The summed E-state index contributed by atoms with van der Waals surface area (Å²) in [7, 11) is -4.02. The van der Waals surface area contributed by atoms with Crippen molar-refractivity contribution in [2.75, 3.05) is 37.7 Å². The van der Waals surface area contributed by atoms with E-state index >= 15 is 0 Å². The molecule has 264 valence electrons. The van der Waals surface area contributed by atoms with Crippen molar-refractivity contribution in [1.82, 2.24) is 15.0 Å². The predicted octanol–water partition coefficient (Wildman–Crippen LogP) is 5.76. The largest absolute Gasteiger partial charge is 0.493 e. The highest BCUT2D eigenvalue weighted by Gasteiger charge is 2.41. The third kappa shape index (κ3) is 9.92. The zero-order valence-electron chi connectivity index (χ0n) is 27.6. The Labute approximate surface area is 279 Å². The van der Waals surface area contributed by atoms with Crippen molar-refractivity contribution < 1.29 is 40.2 Å². The number of piperidine rings is 1. The van der Waals surface area contributed by atoms with E-state index in [1.165, 1.54) is 24.3 Å². The average Bonchev–Trinajstić information content (AvgIpc) is 3.68. The second-order valence-corrected chi connectivity index (χ2v) is 14.3. The van der Waals surface area contributed by atoms with Gasteiger partial charge in [-0.3, -0.25) is 9.35 Å². The molecule has 2 aliphatic heterocycles. The predicted molar refractivity (Wildman–Crippen MR) is 173 cm³/mol. The van der Waals surface area contributed by atoms with Crippen LogP contribution in [0.3, 0.4) is 0 Å². The van der Waals surface area contributed by atoms with Crippen molar-refractivity contribution in [2.45, 2.75) is 76.2 Å². The number of ether oxygens (including phenoxy) is 1. The molecule has 11 nitrogen and oxygen atoms in total. The first-order valence-electron chi connectivity index (χ1n) is 16.0. The number of aromatic nitrogens is 2. The highest BCUT2D eigenvalue weighted by molar-refractivity contribution is 7.85. The lowest BCUT2D eigenvalue weighted by molar-refractivity contribution is -0.133. The maximum atomic E-state index is 14.7. The Morgan fingerprint density at radius 1 is 1.12 bits per heavy atom. The first kappa shape index (κ1) is 37.1. The summed E-state index contributed by atoms with van der Waals surface area (Å²) in [5.74, 6) is -2.07. The third-order valence-corrected chi connectivity index (χ3v) is 9.65. The topological polar surface area (TPSA) is 152 Å². The van der Waals surface area contributed by atoms with Gasteiger partial charge in [0.1, 0.15) is 17.6 Å². The Hall–Kier alpha value is -3.69. The smallest absolute Gasteiger partial charge is 0.324 e. The number of carbonyl (C=O) groups is 1. The van der Waals surface area contributed by atoms with Gasteiger partial charge in [-0.05, 0) is 56.2 Å². The molecular formula is C33H44F3N5O6S. The molecular weight excluding hydrogens is 651 g/mol. The molecule has 2 aromatic carbocycles. The normalized spacial score (nSPS) is 18.0. The number of anilines is 1. The molecule has 0 bridgehead atoms. The highest BCUT2D eigenvalue weighted by atomic mass is 32.2. The van der Waals surface area contributed by atoms with Gasteiger partial charge in [-0.25, -0.2) is 13.2 Å². The van der Waals surface area contributed by atoms with E-state index in [0.29, 0.717) is 30.2 Å². The lowest BCUT2D eigenvalue weighted by Gasteiger charge is -2.33. The van der Waals surface area contributed by atoms with Crippen molar-refractivity contribution in [2.24, 2.45) is 17.6 Å². The number of hydrogen-bond donors (Lipinski definition) is 2. The molecule has 15 heteroatoms. The zero-order valence-corrected chi connectivity index (χ0v) is 28.4. The van der Waals surface area contributed by atoms with E-state index in [1.54, 1.807) is 18.2 Å². The van der Waals surface area contributed by atoms with Gasteiger partial charge in [0.15, 0.2) is 5.82 Å². The molecule has 3 heterocycles. The molecule has 1 amide bonds. The fourth-order valence-electron chi connectivity index (χ4n) is 5.66. The first-order chi connectivity index (χ1) is 22.5. The summed E-state index contributed by atoms with van der Waals surface area (Å²) in [4.78, 5) is 20.0. The van der Waals surface area contributed by atoms with Crippen LogP contribution in [-0.2, 0) is 14.9 Å². The molecule has 2 atom stereocenters. The number of benzene rings is 2. The minimum absolute atomic E-state index is 0.0329. The number of aryl methyl sites for hydroxylation is 1.